The monoisotopic (exact) mass is 310 g/mol. The normalized spacial score (nSPS) is 10.7. The first-order chi connectivity index (χ1) is 8.67. The second-order valence-electron chi connectivity index (χ2n) is 3.07. The number of amides is 1. The maximum atomic E-state index is 12.7. The van der Waals surface area contributed by atoms with Gasteiger partial charge >= 0.3 is 0 Å². The van der Waals surface area contributed by atoms with E-state index in [1.807, 2.05) is 0 Å². The van der Waals surface area contributed by atoms with Gasteiger partial charge in [0.1, 0.15) is 18.5 Å². The van der Waals surface area contributed by atoms with Gasteiger partial charge in [-0.05, 0) is 29.1 Å². The molecule has 1 amide bonds. The summed E-state index contributed by atoms with van der Waals surface area (Å²) in [6, 6.07) is 6.72. The molecule has 0 radical (unpaired) electrons. The first kappa shape index (κ1) is 14.2. The highest BCUT2D eigenvalue weighted by Gasteiger charge is 2.12. The maximum Gasteiger partial charge on any atom is 0.254 e. The van der Waals surface area contributed by atoms with Crippen LogP contribution in [0.2, 0.25) is 0 Å². The zero-order chi connectivity index (χ0) is 13.4. The molecule has 0 heterocycles. The number of nitriles is 1. The number of nitrogens with one attached hydrogen (secondary N) is 1. The van der Waals surface area contributed by atoms with E-state index in [4.69, 9.17) is 10.00 Å². The number of benzene rings is 1. The SMILES string of the molecule is N#CC(NC(=O)c1ccc(F)cc1)OCC#CBr. The van der Waals surface area contributed by atoms with Crippen molar-refractivity contribution in [3.05, 3.63) is 35.6 Å². The van der Waals surface area contributed by atoms with Gasteiger partial charge in [-0.15, -0.1) is 0 Å². The molecule has 0 spiro atoms. The molecule has 6 heteroatoms. The molecule has 1 unspecified atom stereocenters. The van der Waals surface area contributed by atoms with E-state index in [1.165, 1.54) is 12.1 Å². The van der Waals surface area contributed by atoms with Crippen molar-refractivity contribution in [1.82, 2.24) is 5.32 Å². The lowest BCUT2D eigenvalue weighted by atomic mass is 10.2. The van der Waals surface area contributed by atoms with Gasteiger partial charge in [0.2, 0.25) is 6.23 Å². The molecule has 4 nitrogen and oxygen atoms in total. The Labute approximate surface area is 112 Å². The van der Waals surface area contributed by atoms with Crippen LogP contribution in [0.4, 0.5) is 4.39 Å². The number of carbonyl (C=O) groups excluding carboxylic acids is 1. The Morgan fingerprint density at radius 1 is 1.50 bits per heavy atom. The highest BCUT2D eigenvalue weighted by molar-refractivity contribution is 9.12. The van der Waals surface area contributed by atoms with Crippen molar-refractivity contribution in [2.45, 2.75) is 6.23 Å². The zero-order valence-corrected chi connectivity index (χ0v) is 10.7. The number of hydrogen-bond acceptors (Lipinski definition) is 3. The van der Waals surface area contributed by atoms with E-state index in [-0.39, 0.29) is 12.2 Å². The fourth-order valence-electron chi connectivity index (χ4n) is 1.07. The van der Waals surface area contributed by atoms with E-state index in [2.05, 4.69) is 32.0 Å². The number of halogens is 2. The smallest absolute Gasteiger partial charge is 0.254 e. The van der Waals surface area contributed by atoms with E-state index in [1.54, 1.807) is 6.07 Å². The van der Waals surface area contributed by atoms with Crippen LogP contribution in [0.5, 0.6) is 0 Å². The lowest BCUT2D eigenvalue weighted by Crippen LogP contribution is -2.35. The summed E-state index contributed by atoms with van der Waals surface area (Å²) < 4.78 is 17.6. The fraction of sp³-hybridized carbons (Fsp3) is 0.167. The molecule has 92 valence electrons. The summed E-state index contributed by atoms with van der Waals surface area (Å²) >= 11 is 2.87. The first-order valence-electron chi connectivity index (χ1n) is 4.83. The highest BCUT2D eigenvalue weighted by atomic mass is 79.9. The van der Waals surface area contributed by atoms with Gasteiger partial charge in [-0.3, -0.25) is 4.79 Å². The topological polar surface area (TPSA) is 62.1 Å². The second kappa shape index (κ2) is 7.44. The summed E-state index contributed by atoms with van der Waals surface area (Å²) in [6.07, 6.45) is -1.10. The van der Waals surface area contributed by atoms with Crippen molar-refractivity contribution >= 4 is 21.8 Å². The number of ether oxygens (including phenoxy) is 1. The fourth-order valence-corrected chi connectivity index (χ4v) is 1.18. The molecule has 0 saturated carbocycles. The van der Waals surface area contributed by atoms with Gasteiger partial charge in [-0.25, -0.2) is 4.39 Å². The van der Waals surface area contributed by atoms with E-state index >= 15 is 0 Å². The molecule has 1 aromatic rings. The van der Waals surface area contributed by atoms with Crippen LogP contribution in [-0.2, 0) is 4.74 Å². The number of hydrogen-bond donors (Lipinski definition) is 1. The van der Waals surface area contributed by atoms with Gasteiger partial charge in [0.25, 0.3) is 5.91 Å². The Balaban J connectivity index is 2.59. The Bertz CT molecular complexity index is 514. The summed E-state index contributed by atoms with van der Waals surface area (Å²) in [5.41, 5.74) is 0.242. The molecule has 1 aromatic carbocycles. The Hall–Kier alpha value is -1.89. The van der Waals surface area contributed by atoms with Gasteiger partial charge in [0.15, 0.2) is 0 Å². The van der Waals surface area contributed by atoms with Gasteiger partial charge in [-0.1, -0.05) is 5.92 Å². The third kappa shape index (κ3) is 4.54. The number of carbonyl (C=O) groups is 1. The summed E-state index contributed by atoms with van der Waals surface area (Å²) in [5.74, 6) is 1.57. The predicted molar refractivity (Wildman–Crippen MR) is 65.9 cm³/mol. The van der Waals surface area contributed by atoms with Gasteiger partial charge < -0.3 is 10.1 Å². The van der Waals surface area contributed by atoms with E-state index in [0.29, 0.717) is 0 Å². The second-order valence-corrected chi connectivity index (χ2v) is 3.47. The molecular weight excluding hydrogens is 303 g/mol. The van der Waals surface area contributed by atoms with Gasteiger partial charge in [0.05, 0.1) is 0 Å². The summed E-state index contributed by atoms with van der Waals surface area (Å²) in [6.45, 7) is 0.00712. The van der Waals surface area contributed by atoms with Crippen molar-refractivity contribution < 1.29 is 13.9 Å². The maximum absolute atomic E-state index is 12.7. The standard InChI is InChI=1S/C12H8BrFN2O2/c13-6-1-7-18-11(8-15)16-12(17)9-2-4-10(14)5-3-9/h2-5,11H,7H2,(H,16,17). The van der Waals surface area contributed by atoms with Crippen LogP contribution in [0.3, 0.4) is 0 Å². The van der Waals surface area contributed by atoms with Crippen LogP contribution in [0.1, 0.15) is 10.4 Å². The summed E-state index contributed by atoms with van der Waals surface area (Å²) in [4.78, 5) is 14.1. The summed E-state index contributed by atoms with van der Waals surface area (Å²) in [5, 5.41) is 11.1. The molecule has 1 N–H and O–H groups in total. The molecule has 0 saturated heterocycles. The van der Waals surface area contributed by atoms with Crippen molar-refractivity contribution in [2.24, 2.45) is 0 Å². The zero-order valence-electron chi connectivity index (χ0n) is 9.11. The molecule has 1 rings (SSSR count). The molecule has 0 aliphatic rings. The Morgan fingerprint density at radius 2 is 2.17 bits per heavy atom. The lowest BCUT2D eigenvalue weighted by Gasteiger charge is -2.10. The highest BCUT2D eigenvalue weighted by Crippen LogP contribution is 2.03. The van der Waals surface area contributed by atoms with Crippen molar-refractivity contribution in [2.75, 3.05) is 6.61 Å². The third-order valence-electron chi connectivity index (χ3n) is 1.87. The molecule has 0 bridgehead atoms. The average molecular weight is 311 g/mol. The van der Waals surface area contributed by atoms with E-state index in [9.17, 15) is 9.18 Å². The molecule has 18 heavy (non-hydrogen) atoms. The third-order valence-corrected chi connectivity index (χ3v) is 2.16. The first-order valence-corrected chi connectivity index (χ1v) is 5.63. The van der Waals surface area contributed by atoms with E-state index in [0.717, 1.165) is 12.1 Å². The van der Waals surface area contributed by atoms with Crippen LogP contribution in [0, 0.1) is 27.9 Å². The molecule has 0 fully saturated rings. The molecule has 0 aliphatic heterocycles. The predicted octanol–water partition coefficient (Wildman–Crippen LogP) is 1.78. The van der Waals surface area contributed by atoms with Crippen molar-refractivity contribution in [1.29, 1.82) is 5.26 Å². The van der Waals surface area contributed by atoms with Crippen molar-refractivity contribution in [3.63, 3.8) is 0 Å². The molecule has 0 aliphatic carbocycles. The number of nitrogens with zero attached hydrogens (tertiary/aromatic N) is 1. The number of rotatable bonds is 4. The van der Waals surface area contributed by atoms with E-state index < -0.39 is 18.0 Å². The van der Waals surface area contributed by atoms with Crippen LogP contribution in [0.25, 0.3) is 0 Å². The minimum Gasteiger partial charge on any atom is -0.332 e. The minimum absolute atomic E-state index is 0.00712. The van der Waals surface area contributed by atoms with Crippen LogP contribution < -0.4 is 5.32 Å². The molecule has 1 atom stereocenters. The van der Waals surface area contributed by atoms with Crippen LogP contribution in [0.15, 0.2) is 24.3 Å². The minimum atomic E-state index is -1.10. The van der Waals surface area contributed by atoms with Crippen molar-refractivity contribution in [3.8, 4) is 16.8 Å². The molecular formula is C12H8BrFN2O2. The largest absolute Gasteiger partial charge is 0.332 e. The Kier molecular flexibility index (Phi) is 5.86. The Morgan fingerprint density at radius 3 is 2.72 bits per heavy atom. The molecule has 0 aromatic heterocycles. The van der Waals surface area contributed by atoms with Gasteiger partial charge in [0, 0.05) is 21.5 Å². The summed E-state index contributed by atoms with van der Waals surface area (Å²) in [7, 11) is 0. The van der Waals surface area contributed by atoms with Crippen LogP contribution >= 0.6 is 15.9 Å². The van der Waals surface area contributed by atoms with Crippen LogP contribution in [-0.4, -0.2) is 18.7 Å². The average Bonchev–Trinajstić information content (AvgIpc) is 2.38. The quantitative estimate of drug-likeness (QED) is 0.681. The van der Waals surface area contributed by atoms with Gasteiger partial charge in [-0.2, -0.15) is 5.26 Å². The lowest BCUT2D eigenvalue weighted by molar-refractivity contribution is 0.0685.